The summed E-state index contributed by atoms with van der Waals surface area (Å²) in [7, 11) is 0. The van der Waals surface area contributed by atoms with Crippen LogP contribution in [-0.2, 0) is 13.0 Å². The SMILES string of the molecule is CC(C)CNCCc1cncn1Cc1ccc(C#N)cc1. The van der Waals surface area contributed by atoms with Crippen LogP contribution in [0.2, 0.25) is 0 Å². The predicted molar refractivity (Wildman–Crippen MR) is 83.9 cm³/mol. The third-order valence-electron chi connectivity index (χ3n) is 3.34. The number of nitriles is 1. The first-order valence-electron chi connectivity index (χ1n) is 7.38. The van der Waals surface area contributed by atoms with Crippen LogP contribution in [0.1, 0.15) is 30.7 Å². The minimum absolute atomic E-state index is 0.675. The molecule has 2 aromatic rings. The lowest BCUT2D eigenvalue weighted by atomic mass is 10.1. The highest BCUT2D eigenvalue weighted by Gasteiger charge is 2.03. The maximum absolute atomic E-state index is 8.82. The van der Waals surface area contributed by atoms with Crippen molar-refractivity contribution < 1.29 is 0 Å². The van der Waals surface area contributed by atoms with Gasteiger partial charge in [0.2, 0.25) is 0 Å². The molecule has 0 saturated heterocycles. The van der Waals surface area contributed by atoms with Crippen LogP contribution in [0.25, 0.3) is 0 Å². The molecule has 110 valence electrons. The second kappa shape index (κ2) is 7.61. The van der Waals surface area contributed by atoms with Crippen LogP contribution in [-0.4, -0.2) is 22.6 Å². The molecule has 0 unspecified atom stereocenters. The van der Waals surface area contributed by atoms with Gasteiger partial charge in [-0.15, -0.1) is 0 Å². The number of imidazole rings is 1. The van der Waals surface area contributed by atoms with E-state index in [9.17, 15) is 0 Å². The van der Waals surface area contributed by atoms with Gasteiger partial charge in [-0.05, 0) is 30.2 Å². The molecule has 2 rings (SSSR count). The third-order valence-corrected chi connectivity index (χ3v) is 3.34. The quantitative estimate of drug-likeness (QED) is 0.794. The fourth-order valence-corrected chi connectivity index (χ4v) is 2.19. The molecule has 1 N–H and O–H groups in total. The van der Waals surface area contributed by atoms with E-state index < -0.39 is 0 Å². The van der Waals surface area contributed by atoms with Gasteiger partial charge >= 0.3 is 0 Å². The van der Waals surface area contributed by atoms with E-state index in [2.05, 4.69) is 34.8 Å². The first-order valence-corrected chi connectivity index (χ1v) is 7.38. The topological polar surface area (TPSA) is 53.6 Å². The highest BCUT2D eigenvalue weighted by molar-refractivity contribution is 5.31. The molecule has 0 bridgehead atoms. The van der Waals surface area contributed by atoms with Gasteiger partial charge in [0.15, 0.2) is 0 Å². The molecule has 0 atom stereocenters. The van der Waals surface area contributed by atoms with Gasteiger partial charge in [0.05, 0.1) is 18.0 Å². The summed E-state index contributed by atoms with van der Waals surface area (Å²) in [5, 5.41) is 12.3. The normalized spacial score (nSPS) is 10.8. The Balaban J connectivity index is 1.91. The van der Waals surface area contributed by atoms with E-state index in [1.165, 1.54) is 11.3 Å². The van der Waals surface area contributed by atoms with Crippen LogP contribution in [0.5, 0.6) is 0 Å². The maximum Gasteiger partial charge on any atom is 0.0991 e. The standard InChI is InChI=1S/C17H22N4/c1-14(2)10-19-8-7-17-11-20-13-21(17)12-16-5-3-15(9-18)4-6-16/h3-6,11,13-14,19H,7-8,10,12H2,1-2H3. The Kier molecular flexibility index (Phi) is 5.53. The summed E-state index contributed by atoms with van der Waals surface area (Å²) in [5.74, 6) is 0.675. The van der Waals surface area contributed by atoms with Crippen molar-refractivity contribution in [3.8, 4) is 6.07 Å². The van der Waals surface area contributed by atoms with Crippen LogP contribution in [0, 0.1) is 17.2 Å². The number of aromatic nitrogens is 2. The average molecular weight is 282 g/mol. The second-order valence-electron chi connectivity index (χ2n) is 5.67. The van der Waals surface area contributed by atoms with Gasteiger partial charge in [-0.2, -0.15) is 5.26 Å². The highest BCUT2D eigenvalue weighted by Crippen LogP contribution is 2.08. The Morgan fingerprint density at radius 1 is 1.29 bits per heavy atom. The van der Waals surface area contributed by atoms with E-state index in [-0.39, 0.29) is 0 Å². The van der Waals surface area contributed by atoms with Crippen molar-refractivity contribution in [1.82, 2.24) is 14.9 Å². The summed E-state index contributed by atoms with van der Waals surface area (Å²) in [6.07, 6.45) is 4.78. The number of nitrogens with zero attached hydrogens (tertiary/aromatic N) is 3. The monoisotopic (exact) mass is 282 g/mol. The molecule has 0 spiro atoms. The molecular weight excluding hydrogens is 260 g/mol. The fourth-order valence-electron chi connectivity index (χ4n) is 2.19. The Morgan fingerprint density at radius 2 is 2.05 bits per heavy atom. The zero-order valence-corrected chi connectivity index (χ0v) is 12.7. The summed E-state index contributed by atoms with van der Waals surface area (Å²) in [4.78, 5) is 4.25. The molecule has 0 saturated carbocycles. The molecule has 4 heteroatoms. The van der Waals surface area contributed by atoms with Gasteiger partial charge in [-0.25, -0.2) is 4.98 Å². The first-order chi connectivity index (χ1) is 10.2. The van der Waals surface area contributed by atoms with Crippen molar-refractivity contribution in [3.63, 3.8) is 0 Å². The lowest BCUT2D eigenvalue weighted by Gasteiger charge is -2.10. The molecule has 1 aromatic heterocycles. The van der Waals surface area contributed by atoms with Gasteiger partial charge in [-0.3, -0.25) is 0 Å². The van der Waals surface area contributed by atoms with Gasteiger partial charge < -0.3 is 9.88 Å². The Labute approximate surface area is 126 Å². The van der Waals surface area contributed by atoms with Crippen LogP contribution in [0.4, 0.5) is 0 Å². The molecule has 21 heavy (non-hydrogen) atoms. The first kappa shape index (κ1) is 15.3. The molecule has 1 heterocycles. The molecule has 0 aliphatic carbocycles. The molecule has 0 amide bonds. The Bertz CT molecular complexity index is 590. The molecule has 0 fully saturated rings. The highest BCUT2D eigenvalue weighted by atomic mass is 15.0. The van der Waals surface area contributed by atoms with Crippen LogP contribution < -0.4 is 5.32 Å². The summed E-state index contributed by atoms with van der Waals surface area (Å²) < 4.78 is 2.17. The summed E-state index contributed by atoms with van der Waals surface area (Å²) in [5.41, 5.74) is 3.11. The van der Waals surface area contributed by atoms with Crippen LogP contribution in [0.3, 0.4) is 0 Å². The van der Waals surface area contributed by atoms with E-state index in [0.717, 1.165) is 26.1 Å². The largest absolute Gasteiger partial charge is 0.330 e. The minimum atomic E-state index is 0.675. The summed E-state index contributed by atoms with van der Waals surface area (Å²) in [6.45, 7) is 7.23. The van der Waals surface area contributed by atoms with Crippen molar-refractivity contribution >= 4 is 0 Å². The third kappa shape index (κ3) is 4.73. The average Bonchev–Trinajstić information content (AvgIpc) is 2.91. The van der Waals surface area contributed by atoms with Gasteiger partial charge in [0, 0.05) is 31.4 Å². The lowest BCUT2D eigenvalue weighted by molar-refractivity contribution is 0.548. The van der Waals surface area contributed by atoms with Crippen molar-refractivity contribution in [2.24, 2.45) is 5.92 Å². The van der Waals surface area contributed by atoms with Crippen LogP contribution >= 0.6 is 0 Å². The van der Waals surface area contributed by atoms with Gasteiger partial charge in [-0.1, -0.05) is 26.0 Å². The number of rotatable bonds is 7. The maximum atomic E-state index is 8.82. The fraction of sp³-hybridized carbons (Fsp3) is 0.412. The molecule has 4 nitrogen and oxygen atoms in total. The van der Waals surface area contributed by atoms with Crippen molar-refractivity contribution in [2.45, 2.75) is 26.8 Å². The summed E-state index contributed by atoms with van der Waals surface area (Å²) >= 11 is 0. The molecule has 0 aliphatic heterocycles. The van der Waals surface area contributed by atoms with E-state index in [1.807, 2.05) is 36.8 Å². The number of hydrogen-bond donors (Lipinski definition) is 1. The Hall–Kier alpha value is -2.12. The molecule has 0 aliphatic rings. The summed E-state index contributed by atoms with van der Waals surface area (Å²) in [6, 6.07) is 9.85. The van der Waals surface area contributed by atoms with Crippen molar-refractivity contribution in [1.29, 1.82) is 5.26 Å². The van der Waals surface area contributed by atoms with E-state index in [1.54, 1.807) is 0 Å². The number of nitrogens with one attached hydrogen (secondary N) is 1. The minimum Gasteiger partial charge on any atom is -0.330 e. The Morgan fingerprint density at radius 3 is 2.71 bits per heavy atom. The molecule has 1 aromatic carbocycles. The predicted octanol–water partition coefficient (Wildman–Crippen LogP) is 2.59. The number of benzene rings is 1. The van der Waals surface area contributed by atoms with E-state index >= 15 is 0 Å². The zero-order valence-electron chi connectivity index (χ0n) is 12.7. The smallest absolute Gasteiger partial charge is 0.0991 e. The molecular formula is C17H22N4. The lowest BCUT2D eigenvalue weighted by Crippen LogP contribution is -2.23. The number of hydrogen-bond acceptors (Lipinski definition) is 3. The molecule has 0 radical (unpaired) electrons. The zero-order chi connectivity index (χ0) is 15.1. The van der Waals surface area contributed by atoms with Gasteiger partial charge in [0.1, 0.15) is 0 Å². The second-order valence-corrected chi connectivity index (χ2v) is 5.67. The van der Waals surface area contributed by atoms with Crippen molar-refractivity contribution in [3.05, 3.63) is 53.6 Å². The van der Waals surface area contributed by atoms with Crippen LogP contribution in [0.15, 0.2) is 36.8 Å². The van der Waals surface area contributed by atoms with E-state index in [0.29, 0.717) is 11.5 Å². The van der Waals surface area contributed by atoms with Gasteiger partial charge in [0.25, 0.3) is 0 Å². The van der Waals surface area contributed by atoms with Crippen molar-refractivity contribution in [2.75, 3.05) is 13.1 Å². The van der Waals surface area contributed by atoms with E-state index in [4.69, 9.17) is 5.26 Å².